The predicted octanol–water partition coefficient (Wildman–Crippen LogP) is 13.7. The van der Waals surface area contributed by atoms with Crippen LogP contribution in [0.15, 0.2) is 60.8 Å². The third-order valence-corrected chi connectivity index (χ3v) is 10.5. The summed E-state index contributed by atoms with van der Waals surface area (Å²) in [7, 11) is 0. The van der Waals surface area contributed by atoms with Crippen molar-refractivity contribution in [3.8, 4) is 0 Å². The van der Waals surface area contributed by atoms with Crippen LogP contribution in [0.3, 0.4) is 0 Å². The van der Waals surface area contributed by atoms with Crippen molar-refractivity contribution in [2.75, 3.05) is 6.61 Å². The highest BCUT2D eigenvalue weighted by molar-refractivity contribution is 5.77. The molecule has 0 radical (unpaired) electrons. The van der Waals surface area contributed by atoms with Gasteiger partial charge in [0, 0.05) is 6.42 Å². The largest absolute Gasteiger partial charge is 0.462 e. The Hall–Kier alpha value is -2.44. The number of carbonyl (C=O) groups excluding carboxylic acids is 2. The number of aliphatic hydroxyl groups is 2. The molecular weight excluding hydrogens is 695 g/mol. The van der Waals surface area contributed by atoms with Crippen LogP contribution in [0, 0.1) is 0 Å². The zero-order chi connectivity index (χ0) is 41.0. The Bertz CT molecular complexity index is 1010. The molecule has 0 saturated carbocycles. The summed E-state index contributed by atoms with van der Waals surface area (Å²) >= 11 is 0. The molecule has 3 N–H and O–H groups in total. The fourth-order valence-electron chi connectivity index (χ4n) is 6.87. The third-order valence-electron chi connectivity index (χ3n) is 10.5. The van der Waals surface area contributed by atoms with Crippen LogP contribution < -0.4 is 5.32 Å². The second kappa shape index (κ2) is 43.7. The van der Waals surface area contributed by atoms with E-state index in [2.05, 4.69) is 62.5 Å². The number of aliphatic hydroxyl groups excluding tert-OH is 2. The Kier molecular flexibility index (Phi) is 41.8. The maximum absolute atomic E-state index is 13.1. The summed E-state index contributed by atoms with van der Waals surface area (Å²) in [5, 5.41) is 23.6. The fraction of sp³-hybridized carbons (Fsp3) is 0.760. The lowest BCUT2D eigenvalue weighted by molar-refractivity contribution is -0.151. The lowest BCUT2D eigenvalue weighted by Gasteiger charge is -2.24. The van der Waals surface area contributed by atoms with Gasteiger partial charge in [-0.05, 0) is 44.9 Å². The Balaban J connectivity index is 4.56. The first-order valence-electron chi connectivity index (χ1n) is 23.6. The first-order valence-corrected chi connectivity index (χ1v) is 23.6. The van der Waals surface area contributed by atoms with Gasteiger partial charge in [0.15, 0.2) is 0 Å². The number of amides is 1. The summed E-state index contributed by atoms with van der Waals surface area (Å²) in [5.41, 5.74) is 0. The Morgan fingerprint density at radius 1 is 0.518 bits per heavy atom. The van der Waals surface area contributed by atoms with E-state index in [1.807, 2.05) is 24.3 Å². The number of esters is 1. The molecule has 0 aliphatic rings. The van der Waals surface area contributed by atoms with Crippen LogP contribution in [0.1, 0.15) is 220 Å². The van der Waals surface area contributed by atoms with Crippen LogP contribution in [0.4, 0.5) is 0 Å². The van der Waals surface area contributed by atoms with Crippen molar-refractivity contribution >= 4 is 11.9 Å². The number of ether oxygens (including phenoxy) is 1. The second-order valence-corrected chi connectivity index (χ2v) is 15.9. The van der Waals surface area contributed by atoms with Crippen molar-refractivity contribution in [2.45, 2.75) is 238 Å². The minimum Gasteiger partial charge on any atom is -0.462 e. The van der Waals surface area contributed by atoms with Crippen molar-refractivity contribution in [1.82, 2.24) is 5.32 Å². The minimum atomic E-state index is -0.790. The number of unbranched alkanes of at least 4 members (excludes halogenated alkanes) is 23. The topological polar surface area (TPSA) is 95.9 Å². The highest BCUT2D eigenvalue weighted by Gasteiger charge is 2.24. The minimum absolute atomic E-state index is 0.0665. The quantitative estimate of drug-likeness (QED) is 0.0326. The molecule has 0 aromatic rings. The summed E-state index contributed by atoms with van der Waals surface area (Å²) < 4.78 is 5.89. The monoisotopic (exact) mass is 784 g/mol. The molecule has 0 fully saturated rings. The van der Waals surface area contributed by atoms with Crippen LogP contribution in [0.25, 0.3) is 0 Å². The lowest BCUT2D eigenvalue weighted by atomic mass is 10.0. The fourth-order valence-corrected chi connectivity index (χ4v) is 6.87. The maximum atomic E-state index is 13.1. The molecule has 0 saturated heterocycles. The van der Waals surface area contributed by atoms with Crippen molar-refractivity contribution in [2.24, 2.45) is 0 Å². The molecule has 1 amide bonds. The van der Waals surface area contributed by atoms with Crippen molar-refractivity contribution < 1.29 is 24.5 Å². The Morgan fingerprint density at radius 2 is 0.946 bits per heavy atom. The number of hydrogen-bond donors (Lipinski definition) is 3. The number of nitrogens with one attached hydrogen (secondary N) is 1. The van der Waals surface area contributed by atoms with E-state index in [1.165, 1.54) is 89.9 Å². The molecular formula is C50H89NO5. The smallest absolute Gasteiger partial charge is 0.306 e. The Morgan fingerprint density at radius 3 is 1.45 bits per heavy atom. The van der Waals surface area contributed by atoms with E-state index in [-0.39, 0.29) is 24.9 Å². The van der Waals surface area contributed by atoms with Gasteiger partial charge in [-0.3, -0.25) is 9.59 Å². The molecule has 324 valence electrons. The molecule has 0 spiro atoms. The zero-order valence-electron chi connectivity index (χ0n) is 36.8. The van der Waals surface area contributed by atoms with E-state index in [4.69, 9.17) is 4.74 Å². The van der Waals surface area contributed by atoms with Crippen molar-refractivity contribution in [1.29, 1.82) is 0 Å². The van der Waals surface area contributed by atoms with Gasteiger partial charge in [0.1, 0.15) is 6.10 Å². The molecule has 0 bridgehead atoms. The second-order valence-electron chi connectivity index (χ2n) is 15.9. The summed E-state index contributed by atoms with van der Waals surface area (Å²) in [6, 6.07) is -0.704. The van der Waals surface area contributed by atoms with E-state index in [0.717, 1.165) is 83.5 Å². The lowest BCUT2D eigenvalue weighted by Crippen LogP contribution is -2.46. The van der Waals surface area contributed by atoms with Gasteiger partial charge in [0.05, 0.1) is 25.2 Å². The van der Waals surface area contributed by atoms with E-state index >= 15 is 0 Å². The van der Waals surface area contributed by atoms with Crippen LogP contribution in [0.5, 0.6) is 0 Å². The van der Waals surface area contributed by atoms with Crippen LogP contribution in [-0.2, 0) is 14.3 Å². The van der Waals surface area contributed by atoms with Gasteiger partial charge in [-0.25, -0.2) is 0 Å². The molecule has 6 heteroatoms. The molecule has 0 aliphatic heterocycles. The highest BCUT2D eigenvalue weighted by atomic mass is 16.5. The van der Waals surface area contributed by atoms with Crippen molar-refractivity contribution in [3.05, 3.63) is 60.8 Å². The molecule has 0 aromatic heterocycles. The van der Waals surface area contributed by atoms with Gasteiger partial charge in [0.25, 0.3) is 0 Å². The van der Waals surface area contributed by atoms with Gasteiger partial charge >= 0.3 is 5.97 Å². The van der Waals surface area contributed by atoms with Crippen LogP contribution >= 0.6 is 0 Å². The van der Waals surface area contributed by atoms with Crippen molar-refractivity contribution in [3.63, 3.8) is 0 Å². The number of allylic oxidation sites excluding steroid dienone is 10. The molecule has 0 aromatic carbocycles. The van der Waals surface area contributed by atoms with Gasteiger partial charge in [-0.1, -0.05) is 223 Å². The van der Waals surface area contributed by atoms with Gasteiger partial charge in [0.2, 0.25) is 5.91 Å². The van der Waals surface area contributed by atoms with E-state index in [0.29, 0.717) is 19.3 Å². The van der Waals surface area contributed by atoms with E-state index < -0.39 is 18.2 Å². The molecule has 3 atom stereocenters. The zero-order valence-corrected chi connectivity index (χ0v) is 36.8. The third kappa shape index (κ3) is 38.4. The van der Waals surface area contributed by atoms with Gasteiger partial charge in [-0.15, -0.1) is 0 Å². The molecule has 56 heavy (non-hydrogen) atoms. The normalized spacial score (nSPS) is 13.9. The predicted molar refractivity (Wildman–Crippen MR) is 241 cm³/mol. The molecule has 0 rings (SSSR count). The van der Waals surface area contributed by atoms with Gasteiger partial charge < -0.3 is 20.3 Å². The maximum Gasteiger partial charge on any atom is 0.306 e. The summed E-state index contributed by atoms with van der Waals surface area (Å²) in [6.07, 6.45) is 52.7. The summed E-state index contributed by atoms with van der Waals surface area (Å²) in [6.45, 7) is 6.35. The number of rotatable bonds is 41. The average molecular weight is 784 g/mol. The first-order chi connectivity index (χ1) is 27.5. The number of hydrogen-bond acceptors (Lipinski definition) is 5. The summed E-state index contributed by atoms with van der Waals surface area (Å²) in [5.74, 6) is -0.505. The van der Waals surface area contributed by atoms with E-state index in [1.54, 1.807) is 0 Å². The first kappa shape index (κ1) is 53.6. The highest BCUT2D eigenvalue weighted by Crippen LogP contribution is 2.17. The Labute approximate surface area is 346 Å². The molecule has 6 nitrogen and oxygen atoms in total. The SMILES string of the molecule is CCC/C=C/C=C/C=C/C=C/C=C/CCCCCCCC(=O)OC(CCCCCCCCCCC)CC(=O)NC(CO)C(O)CCCCCCCCCCCC. The molecule has 0 aliphatic carbocycles. The molecule has 0 heterocycles. The van der Waals surface area contributed by atoms with Crippen LogP contribution in [0.2, 0.25) is 0 Å². The van der Waals surface area contributed by atoms with Gasteiger partial charge in [-0.2, -0.15) is 0 Å². The average Bonchev–Trinajstić information content (AvgIpc) is 3.19. The standard InChI is InChI=1S/C50H89NO5/c1-4-7-10-13-16-19-21-22-23-24-25-26-27-28-31-34-37-40-43-50(55)56-46(41-38-35-32-29-18-15-12-9-6-3)44-49(54)51-47(45-52)48(53)42-39-36-33-30-20-17-14-11-8-5-2/h10,13,16,19,21-26,46-48,52-53H,4-9,11-12,14-15,17-18,20,27-45H2,1-3H3,(H,51,54)/b13-10+,19-16+,22-21+,24-23+,26-25+. The molecule has 3 unspecified atom stereocenters. The summed E-state index contributed by atoms with van der Waals surface area (Å²) in [4.78, 5) is 26.0. The number of carbonyl (C=O) groups is 2. The van der Waals surface area contributed by atoms with Crippen LogP contribution in [-0.4, -0.2) is 46.9 Å². The van der Waals surface area contributed by atoms with E-state index in [9.17, 15) is 19.8 Å².